The highest BCUT2D eigenvalue weighted by molar-refractivity contribution is 5.74. The van der Waals surface area contributed by atoms with E-state index in [1.165, 1.54) is 6.42 Å². The zero-order valence-corrected chi connectivity index (χ0v) is 5.00. The number of carboxylic acids is 1. The Labute approximate surface area is 53.1 Å². The summed E-state index contributed by atoms with van der Waals surface area (Å²) in [6, 6.07) is 0.305. The largest absolute Gasteiger partial charge is 0.480 e. The van der Waals surface area contributed by atoms with Crippen molar-refractivity contribution in [1.29, 1.82) is 0 Å². The van der Waals surface area contributed by atoms with Crippen LogP contribution in [0.15, 0.2) is 0 Å². The van der Waals surface area contributed by atoms with Crippen molar-refractivity contribution in [2.75, 3.05) is 0 Å². The van der Waals surface area contributed by atoms with E-state index in [1.54, 1.807) is 0 Å². The third kappa shape index (κ3) is 0.721. The molecular weight excluding hydrogens is 118 g/mol. The Kier molecular flexibility index (Phi) is 0.858. The molecule has 1 saturated heterocycles. The van der Waals surface area contributed by atoms with Gasteiger partial charge in [-0.1, -0.05) is 0 Å². The molecule has 2 aliphatic rings. The number of nitrogens with one attached hydrogen (secondary N) is 1. The predicted octanol–water partition coefficient (Wildman–Crippen LogP) is -0.179. The molecule has 0 aromatic carbocycles. The Hall–Kier alpha value is -0.570. The van der Waals surface area contributed by atoms with Crippen LogP contribution in [0.3, 0.4) is 0 Å². The van der Waals surface area contributed by atoms with Gasteiger partial charge in [0, 0.05) is 6.04 Å². The fraction of sp³-hybridized carbons (Fsp3) is 0.833. The van der Waals surface area contributed by atoms with Crippen LogP contribution in [0.5, 0.6) is 0 Å². The molecule has 0 amide bonds. The van der Waals surface area contributed by atoms with E-state index in [2.05, 4.69) is 5.32 Å². The maximum atomic E-state index is 10.3. The second kappa shape index (κ2) is 1.48. The minimum Gasteiger partial charge on any atom is -0.480 e. The third-order valence-electron chi connectivity index (χ3n) is 2.17. The van der Waals surface area contributed by atoms with Gasteiger partial charge in [-0.2, -0.15) is 0 Å². The van der Waals surface area contributed by atoms with Gasteiger partial charge in [-0.3, -0.25) is 4.79 Å². The van der Waals surface area contributed by atoms with Gasteiger partial charge in [-0.15, -0.1) is 0 Å². The number of piperidine rings is 1. The Morgan fingerprint density at radius 2 is 2.33 bits per heavy atom. The second-order valence-corrected chi connectivity index (χ2v) is 2.90. The first-order chi connectivity index (χ1) is 4.27. The van der Waals surface area contributed by atoms with Crippen LogP contribution in [0.4, 0.5) is 0 Å². The van der Waals surface area contributed by atoms with Gasteiger partial charge < -0.3 is 10.4 Å². The minimum absolute atomic E-state index is 0.242. The van der Waals surface area contributed by atoms with Crippen LogP contribution in [-0.2, 0) is 4.79 Å². The molecule has 0 aromatic heterocycles. The van der Waals surface area contributed by atoms with Gasteiger partial charge in [-0.25, -0.2) is 0 Å². The lowest BCUT2D eigenvalue weighted by Crippen LogP contribution is -2.33. The molecule has 2 fully saturated rings. The number of hydrogen-bond acceptors (Lipinski definition) is 2. The van der Waals surface area contributed by atoms with Crippen LogP contribution in [0.25, 0.3) is 0 Å². The average Bonchev–Trinajstić information content (AvgIpc) is 2.40. The average molecular weight is 127 g/mol. The zero-order valence-electron chi connectivity index (χ0n) is 5.00. The number of carbonyl (C=O) groups is 1. The summed E-state index contributed by atoms with van der Waals surface area (Å²) in [4.78, 5) is 10.3. The van der Waals surface area contributed by atoms with Crippen LogP contribution in [0.2, 0.25) is 0 Å². The van der Waals surface area contributed by atoms with Crippen molar-refractivity contribution in [2.45, 2.75) is 24.9 Å². The first kappa shape index (κ1) is 5.23. The highest BCUT2D eigenvalue weighted by Crippen LogP contribution is 2.40. The van der Waals surface area contributed by atoms with E-state index in [9.17, 15) is 4.79 Å². The van der Waals surface area contributed by atoms with Crippen molar-refractivity contribution in [2.24, 2.45) is 5.92 Å². The summed E-state index contributed by atoms with van der Waals surface area (Å²) < 4.78 is 0. The Bertz CT molecular complexity index is 147. The minimum atomic E-state index is -0.692. The molecule has 0 spiro atoms. The molecule has 1 aliphatic heterocycles. The van der Waals surface area contributed by atoms with Gasteiger partial charge in [0.25, 0.3) is 0 Å². The fourth-order valence-corrected chi connectivity index (χ4v) is 1.51. The molecule has 3 unspecified atom stereocenters. The standard InChI is InChI=1S/C6H9NO2/c8-6(9)5-2-3-1-4(3)7-5/h3-5,7H,1-2H2,(H,8,9). The molecule has 3 atom stereocenters. The number of aliphatic carboxylic acids is 1. The predicted molar refractivity (Wildman–Crippen MR) is 31.1 cm³/mol. The van der Waals surface area contributed by atoms with Gasteiger partial charge >= 0.3 is 5.97 Å². The molecule has 0 radical (unpaired) electrons. The van der Waals surface area contributed by atoms with Crippen molar-refractivity contribution in [1.82, 2.24) is 5.32 Å². The molecule has 50 valence electrons. The third-order valence-corrected chi connectivity index (χ3v) is 2.17. The molecule has 9 heavy (non-hydrogen) atoms. The van der Waals surface area contributed by atoms with Gasteiger partial charge in [0.2, 0.25) is 0 Å². The summed E-state index contributed by atoms with van der Waals surface area (Å²) >= 11 is 0. The molecular formula is C6H9NO2. The topological polar surface area (TPSA) is 49.3 Å². The van der Waals surface area contributed by atoms with Crippen LogP contribution in [0, 0.1) is 5.92 Å². The number of hydrogen-bond donors (Lipinski definition) is 2. The molecule has 3 heteroatoms. The van der Waals surface area contributed by atoms with Gasteiger partial charge in [0.1, 0.15) is 6.04 Å². The zero-order chi connectivity index (χ0) is 6.43. The van der Waals surface area contributed by atoms with Crippen molar-refractivity contribution >= 4 is 5.97 Å². The summed E-state index contributed by atoms with van der Waals surface area (Å²) in [5, 5.41) is 11.5. The fourth-order valence-electron chi connectivity index (χ4n) is 1.51. The lowest BCUT2D eigenvalue weighted by atomic mass is 10.2. The normalized spacial score (nSPS) is 46.4. The van der Waals surface area contributed by atoms with Crippen LogP contribution >= 0.6 is 0 Å². The first-order valence-electron chi connectivity index (χ1n) is 3.26. The number of fused-ring (bicyclic) bond motifs is 1. The molecule has 1 heterocycles. The highest BCUT2D eigenvalue weighted by atomic mass is 16.4. The van der Waals surface area contributed by atoms with E-state index >= 15 is 0 Å². The molecule has 0 aromatic rings. The number of rotatable bonds is 1. The van der Waals surface area contributed by atoms with E-state index in [4.69, 9.17) is 5.11 Å². The summed E-state index contributed by atoms with van der Waals surface area (Å²) in [5.74, 6) is -0.00620. The summed E-state index contributed by atoms with van der Waals surface area (Å²) in [6.07, 6.45) is 2.05. The lowest BCUT2D eigenvalue weighted by molar-refractivity contribution is -0.139. The lowest BCUT2D eigenvalue weighted by Gasteiger charge is -2.04. The molecule has 3 nitrogen and oxygen atoms in total. The van der Waals surface area contributed by atoms with E-state index in [1.807, 2.05) is 0 Å². The molecule has 0 bridgehead atoms. The van der Waals surface area contributed by atoms with Gasteiger partial charge in [-0.05, 0) is 18.8 Å². The summed E-state index contributed by atoms with van der Waals surface area (Å²) in [7, 11) is 0. The van der Waals surface area contributed by atoms with Gasteiger partial charge in [0.05, 0.1) is 0 Å². The summed E-state index contributed by atoms with van der Waals surface area (Å²) in [5.41, 5.74) is 0. The molecule has 1 saturated carbocycles. The smallest absolute Gasteiger partial charge is 0.320 e. The van der Waals surface area contributed by atoms with E-state index in [-0.39, 0.29) is 6.04 Å². The molecule has 2 rings (SSSR count). The van der Waals surface area contributed by atoms with E-state index in [0.29, 0.717) is 12.0 Å². The van der Waals surface area contributed by atoms with Crippen molar-refractivity contribution in [3.63, 3.8) is 0 Å². The summed E-state index contributed by atoms with van der Waals surface area (Å²) in [6.45, 7) is 0. The van der Waals surface area contributed by atoms with Crippen LogP contribution < -0.4 is 5.32 Å². The Morgan fingerprint density at radius 3 is 2.67 bits per heavy atom. The second-order valence-electron chi connectivity index (χ2n) is 2.90. The highest BCUT2D eigenvalue weighted by Gasteiger charge is 2.47. The maximum Gasteiger partial charge on any atom is 0.320 e. The maximum absolute atomic E-state index is 10.3. The monoisotopic (exact) mass is 127 g/mol. The number of carboxylic acid groups (broad SMARTS) is 1. The van der Waals surface area contributed by atoms with Crippen LogP contribution in [0.1, 0.15) is 12.8 Å². The Morgan fingerprint density at radius 1 is 1.56 bits per heavy atom. The van der Waals surface area contributed by atoms with Crippen molar-refractivity contribution in [3.05, 3.63) is 0 Å². The van der Waals surface area contributed by atoms with Crippen LogP contribution in [-0.4, -0.2) is 23.2 Å². The Balaban J connectivity index is 1.97. The first-order valence-corrected chi connectivity index (χ1v) is 3.26. The molecule has 1 aliphatic carbocycles. The van der Waals surface area contributed by atoms with Gasteiger partial charge in [0.15, 0.2) is 0 Å². The quantitative estimate of drug-likeness (QED) is 0.513. The SMILES string of the molecule is O=C(O)C1CC2CC2N1. The van der Waals surface area contributed by atoms with E-state index in [0.717, 1.165) is 6.42 Å². The van der Waals surface area contributed by atoms with Crippen molar-refractivity contribution in [3.8, 4) is 0 Å². The van der Waals surface area contributed by atoms with Crippen molar-refractivity contribution < 1.29 is 9.90 Å². The molecule has 2 N–H and O–H groups in total. The van der Waals surface area contributed by atoms with E-state index < -0.39 is 5.97 Å².